The van der Waals surface area contributed by atoms with E-state index in [-0.39, 0.29) is 24.5 Å². The minimum Gasteiger partial charge on any atom is -0.469 e. The molecule has 0 fully saturated rings. The van der Waals surface area contributed by atoms with Crippen LogP contribution in [0, 0.1) is 0 Å². The van der Waals surface area contributed by atoms with Gasteiger partial charge in [-0.2, -0.15) is 0 Å². The molecule has 0 aliphatic heterocycles. The van der Waals surface area contributed by atoms with E-state index in [2.05, 4.69) is 0 Å². The lowest BCUT2D eigenvalue weighted by atomic mass is 9.98. The first-order valence-electron chi connectivity index (χ1n) is 7.54. The van der Waals surface area contributed by atoms with Crippen LogP contribution in [0.25, 0.3) is 6.08 Å². The third-order valence-electron chi connectivity index (χ3n) is 3.58. The van der Waals surface area contributed by atoms with E-state index in [1.165, 1.54) is 14.0 Å². The van der Waals surface area contributed by atoms with Crippen molar-refractivity contribution in [1.29, 1.82) is 0 Å². The highest BCUT2D eigenvalue weighted by atomic mass is 16.5. The molecular weight excluding hydrogens is 296 g/mol. The Labute approximate surface area is 136 Å². The summed E-state index contributed by atoms with van der Waals surface area (Å²) in [6.07, 6.45) is 1.71. The molecule has 1 aromatic carbocycles. The van der Waals surface area contributed by atoms with Gasteiger partial charge in [0.1, 0.15) is 0 Å². The Bertz CT molecular complexity index is 557. The van der Waals surface area contributed by atoms with Crippen molar-refractivity contribution in [3.63, 3.8) is 0 Å². The minimum atomic E-state index is -0.626. The Balaban J connectivity index is 2.83. The van der Waals surface area contributed by atoms with Crippen molar-refractivity contribution in [2.24, 2.45) is 0 Å². The first-order valence-corrected chi connectivity index (χ1v) is 7.54. The van der Waals surface area contributed by atoms with Crippen LogP contribution >= 0.6 is 0 Å². The van der Waals surface area contributed by atoms with Crippen molar-refractivity contribution >= 4 is 18.0 Å². The molecule has 0 amide bonds. The number of methoxy groups -OCH3 is 1. The molecule has 1 N–H and O–H groups in total. The number of aliphatic hydroxyl groups excluding tert-OH is 1. The van der Waals surface area contributed by atoms with Gasteiger partial charge >= 0.3 is 11.9 Å². The van der Waals surface area contributed by atoms with Gasteiger partial charge in [-0.1, -0.05) is 30.3 Å². The highest BCUT2D eigenvalue weighted by molar-refractivity contribution is 5.77. The van der Waals surface area contributed by atoms with E-state index in [0.29, 0.717) is 6.42 Å². The van der Waals surface area contributed by atoms with Crippen molar-refractivity contribution in [3.8, 4) is 0 Å². The number of ether oxygens (including phenoxy) is 2. The second-order valence-electron chi connectivity index (χ2n) is 5.40. The van der Waals surface area contributed by atoms with Gasteiger partial charge < -0.3 is 14.6 Å². The van der Waals surface area contributed by atoms with Crippen LogP contribution in [0.4, 0.5) is 0 Å². The maximum Gasteiger partial charge on any atom is 0.312 e. The Morgan fingerprint density at radius 1 is 1.22 bits per heavy atom. The molecule has 23 heavy (non-hydrogen) atoms. The molecule has 0 heterocycles. The lowest BCUT2D eigenvalue weighted by Gasteiger charge is -2.12. The first kappa shape index (κ1) is 18.9. The number of esters is 2. The van der Waals surface area contributed by atoms with Crippen LogP contribution in [0.1, 0.15) is 44.2 Å². The fourth-order valence-corrected chi connectivity index (χ4v) is 2.12. The Hall–Kier alpha value is -2.14. The summed E-state index contributed by atoms with van der Waals surface area (Å²) >= 11 is 0. The molecule has 2 unspecified atom stereocenters. The smallest absolute Gasteiger partial charge is 0.312 e. The minimum absolute atomic E-state index is 0.240. The van der Waals surface area contributed by atoms with E-state index >= 15 is 0 Å². The topological polar surface area (TPSA) is 72.8 Å². The number of rotatable bonds is 7. The standard InChI is InChI=1S/C18H24O5/c1-12(18(21)22-4)16-7-5-15(6-8-16)11-17(13(2)19)9-10-23-14(3)20/h5-8,11-13,19H,9-10H2,1-4H3. The molecule has 126 valence electrons. The average Bonchev–Trinajstić information content (AvgIpc) is 2.52. The first-order chi connectivity index (χ1) is 10.8. The van der Waals surface area contributed by atoms with E-state index < -0.39 is 6.10 Å². The van der Waals surface area contributed by atoms with Gasteiger partial charge in [-0.3, -0.25) is 9.59 Å². The number of carbonyl (C=O) groups excluding carboxylic acids is 2. The Morgan fingerprint density at radius 3 is 2.30 bits per heavy atom. The second-order valence-corrected chi connectivity index (χ2v) is 5.40. The van der Waals surface area contributed by atoms with Crippen LogP contribution in [0.2, 0.25) is 0 Å². The van der Waals surface area contributed by atoms with Crippen molar-refractivity contribution in [2.75, 3.05) is 13.7 Å². The molecule has 5 nitrogen and oxygen atoms in total. The van der Waals surface area contributed by atoms with Crippen molar-refractivity contribution in [3.05, 3.63) is 41.0 Å². The van der Waals surface area contributed by atoms with Gasteiger partial charge in [0.25, 0.3) is 0 Å². The Morgan fingerprint density at radius 2 is 1.83 bits per heavy atom. The molecule has 5 heteroatoms. The van der Waals surface area contributed by atoms with Crippen molar-refractivity contribution in [2.45, 2.75) is 39.2 Å². The second kappa shape index (κ2) is 9.10. The number of carbonyl (C=O) groups is 2. The van der Waals surface area contributed by atoms with Gasteiger partial charge in [0.15, 0.2) is 0 Å². The summed E-state index contributed by atoms with van der Waals surface area (Å²) < 4.78 is 9.64. The molecule has 0 spiro atoms. The lowest BCUT2D eigenvalue weighted by Crippen LogP contribution is -2.10. The maximum absolute atomic E-state index is 11.5. The number of aliphatic hydroxyl groups is 1. The SMILES string of the molecule is COC(=O)C(C)c1ccc(C=C(CCOC(C)=O)C(C)O)cc1. The van der Waals surface area contributed by atoms with Crippen LogP contribution in [-0.4, -0.2) is 36.9 Å². The largest absolute Gasteiger partial charge is 0.469 e. The molecule has 0 aliphatic carbocycles. The van der Waals surface area contributed by atoms with Gasteiger partial charge in [-0.15, -0.1) is 0 Å². The van der Waals surface area contributed by atoms with Crippen LogP contribution in [0.5, 0.6) is 0 Å². The zero-order valence-electron chi connectivity index (χ0n) is 14.0. The molecule has 0 aromatic heterocycles. The van der Waals surface area contributed by atoms with E-state index in [1.54, 1.807) is 13.8 Å². The Kier molecular flexibility index (Phi) is 7.48. The third kappa shape index (κ3) is 6.24. The number of hydrogen-bond acceptors (Lipinski definition) is 5. The van der Waals surface area contributed by atoms with Gasteiger partial charge in [0.2, 0.25) is 0 Å². The van der Waals surface area contributed by atoms with E-state index in [0.717, 1.165) is 16.7 Å². The molecule has 0 aliphatic rings. The quantitative estimate of drug-likeness (QED) is 0.782. The van der Waals surface area contributed by atoms with E-state index in [4.69, 9.17) is 9.47 Å². The third-order valence-corrected chi connectivity index (χ3v) is 3.58. The monoisotopic (exact) mass is 320 g/mol. The molecule has 0 radical (unpaired) electrons. The predicted octanol–water partition coefficient (Wildman–Crippen LogP) is 2.68. The van der Waals surface area contributed by atoms with Gasteiger partial charge in [-0.05, 0) is 30.5 Å². The molecule has 0 saturated heterocycles. The molecule has 1 aromatic rings. The van der Waals surface area contributed by atoms with Crippen LogP contribution in [0.15, 0.2) is 29.8 Å². The summed E-state index contributed by atoms with van der Waals surface area (Å²) in [6.45, 7) is 5.06. The number of benzene rings is 1. The van der Waals surface area contributed by atoms with E-state index in [9.17, 15) is 14.7 Å². The highest BCUT2D eigenvalue weighted by Gasteiger charge is 2.15. The van der Waals surface area contributed by atoms with Crippen LogP contribution in [0.3, 0.4) is 0 Å². The van der Waals surface area contributed by atoms with Crippen molar-refractivity contribution in [1.82, 2.24) is 0 Å². The molecule has 1 rings (SSSR count). The fourth-order valence-electron chi connectivity index (χ4n) is 2.12. The summed E-state index contributed by atoms with van der Waals surface area (Å²) in [6, 6.07) is 7.48. The lowest BCUT2D eigenvalue weighted by molar-refractivity contribution is -0.142. The van der Waals surface area contributed by atoms with Crippen LogP contribution < -0.4 is 0 Å². The predicted molar refractivity (Wildman–Crippen MR) is 87.8 cm³/mol. The van der Waals surface area contributed by atoms with Gasteiger partial charge in [-0.25, -0.2) is 0 Å². The zero-order valence-corrected chi connectivity index (χ0v) is 14.0. The zero-order chi connectivity index (χ0) is 17.4. The summed E-state index contributed by atoms with van der Waals surface area (Å²) in [7, 11) is 1.37. The molecule has 0 saturated carbocycles. The summed E-state index contributed by atoms with van der Waals surface area (Å²) in [5.41, 5.74) is 2.55. The molecular formula is C18H24O5. The molecule has 2 atom stereocenters. The average molecular weight is 320 g/mol. The normalized spacial score (nSPS) is 14.0. The molecule has 0 bridgehead atoms. The summed E-state index contributed by atoms with van der Waals surface area (Å²) in [4.78, 5) is 22.3. The van der Waals surface area contributed by atoms with Gasteiger partial charge in [0.05, 0.1) is 25.7 Å². The summed E-state index contributed by atoms with van der Waals surface area (Å²) in [5.74, 6) is -0.936. The van der Waals surface area contributed by atoms with Crippen molar-refractivity contribution < 1.29 is 24.2 Å². The van der Waals surface area contributed by atoms with E-state index in [1.807, 2.05) is 30.3 Å². The highest BCUT2D eigenvalue weighted by Crippen LogP contribution is 2.20. The number of hydrogen-bond donors (Lipinski definition) is 1. The van der Waals surface area contributed by atoms with Crippen LogP contribution in [-0.2, 0) is 19.1 Å². The van der Waals surface area contributed by atoms with Gasteiger partial charge in [0, 0.05) is 13.3 Å². The maximum atomic E-state index is 11.5. The summed E-state index contributed by atoms with van der Waals surface area (Å²) in [5, 5.41) is 9.82. The fraction of sp³-hybridized carbons (Fsp3) is 0.444.